The predicted octanol–water partition coefficient (Wildman–Crippen LogP) is 4.68. The standard InChI is InChI=1S/C23H21N3O4/c1-15-8-10-17(11-9-15)22-25-20(30-26-22)12-13-21(27)28-14-19-16(2)29-23(24-19)18-6-4-3-5-7-18/h3-11H,12-14H2,1-2H3. The van der Waals surface area contributed by atoms with Gasteiger partial charge in [0.05, 0.1) is 6.42 Å². The van der Waals surface area contributed by atoms with E-state index < -0.39 is 0 Å². The molecule has 0 unspecified atom stereocenters. The smallest absolute Gasteiger partial charge is 0.306 e. The summed E-state index contributed by atoms with van der Waals surface area (Å²) in [5, 5.41) is 3.97. The zero-order valence-electron chi connectivity index (χ0n) is 16.8. The minimum Gasteiger partial charge on any atom is -0.459 e. The van der Waals surface area contributed by atoms with E-state index in [2.05, 4.69) is 15.1 Å². The van der Waals surface area contributed by atoms with Crippen LogP contribution in [0.4, 0.5) is 0 Å². The highest BCUT2D eigenvalue weighted by Crippen LogP contribution is 2.22. The highest BCUT2D eigenvalue weighted by molar-refractivity contribution is 5.69. The Kier molecular flexibility index (Phi) is 5.70. The zero-order valence-corrected chi connectivity index (χ0v) is 16.8. The zero-order chi connectivity index (χ0) is 20.9. The number of ether oxygens (including phenoxy) is 1. The lowest BCUT2D eigenvalue weighted by Gasteiger charge is -2.01. The maximum atomic E-state index is 12.1. The number of nitrogens with zero attached hydrogens (tertiary/aromatic N) is 3. The summed E-state index contributed by atoms with van der Waals surface area (Å²) >= 11 is 0. The van der Waals surface area contributed by atoms with E-state index in [1.54, 1.807) is 6.92 Å². The van der Waals surface area contributed by atoms with E-state index in [4.69, 9.17) is 13.7 Å². The van der Waals surface area contributed by atoms with Crippen LogP contribution in [0.1, 0.15) is 29.3 Å². The van der Waals surface area contributed by atoms with Gasteiger partial charge >= 0.3 is 5.97 Å². The number of aryl methyl sites for hydroxylation is 3. The third kappa shape index (κ3) is 4.63. The Hall–Kier alpha value is -3.74. The van der Waals surface area contributed by atoms with Crippen molar-refractivity contribution in [3.63, 3.8) is 0 Å². The third-order valence-electron chi connectivity index (χ3n) is 4.60. The quantitative estimate of drug-likeness (QED) is 0.414. The molecule has 2 aromatic heterocycles. The molecule has 0 aliphatic carbocycles. The first kappa shape index (κ1) is 19.6. The first-order chi connectivity index (χ1) is 14.6. The summed E-state index contributed by atoms with van der Waals surface area (Å²) in [6.07, 6.45) is 0.447. The summed E-state index contributed by atoms with van der Waals surface area (Å²) in [6, 6.07) is 17.4. The molecule has 0 fully saturated rings. The van der Waals surface area contributed by atoms with Gasteiger partial charge in [-0.3, -0.25) is 4.79 Å². The van der Waals surface area contributed by atoms with Crippen LogP contribution in [0.3, 0.4) is 0 Å². The molecule has 2 heterocycles. The minimum absolute atomic E-state index is 0.0550. The molecule has 2 aromatic carbocycles. The van der Waals surface area contributed by atoms with E-state index in [1.807, 2.05) is 61.5 Å². The Morgan fingerprint density at radius 3 is 2.50 bits per heavy atom. The van der Waals surface area contributed by atoms with Crippen LogP contribution in [0.5, 0.6) is 0 Å². The number of hydrogen-bond donors (Lipinski definition) is 0. The second kappa shape index (κ2) is 8.73. The van der Waals surface area contributed by atoms with Crippen molar-refractivity contribution in [2.75, 3.05) is 0 Å². The summed E-state index contributed by atoms with van der Waals surface area (Å²) in [5.74, 6) is 1.67. The maximum absolute atomic E-state index is 12.1. The van der Waals surface area contributed by atoms with Gasteiger partial charge in [0.1, 0.15) is 18.1 Å². The van der Waals surface area contributed by atoms with Crippen LogP contribution in [-0.4, -0.2) is 21.1 Å². The first-order valence-electron chi connectivity index (χ1n) is 9.65. The monoisotopic (exact) mass is 403 g/mol. The van der Waals surface area contributed by atoms with E-state index in [0.717, 1.165) is 16.7 Å². The molecule has 0 saturated heterocycles. The number of hydrogen-bond acceptors (Lipinski definition) is 7. The van der Waals surface area contributed by atoms with Crippen LogP contribution in [0.25, 0.3) is 22.8 Å². The SMILES string of the molecule is Cc1ccc(-c2noc(CCC(=O)OCc3nc(-c4ccccc4)oc3C)n2)cc1. The first-order valence-corrected chi connectivity index (χ1v) is 9.65. The number of aromatic nitrogens is 3. The number of benzene rings is 2. The molecule has 4 aromatic rings. The molecule has 0 amide bonds. The molecule has 0 saturated carbocycles. The molecule has 0 atom stereocenters. The van der Waals surface area contributed by atoms with Gasteiger partial charge in [-0.25, -0.2) is 4.98 Å². The van der Waals surface area contributed by atoms with E-state index in [1.165, 1.54) is 0 Å². The molecule has 0 bridgehead atoms. The highest BCUT2D eigenvalue weighted by atomic mass is 16.5. The van der Waals surface area contributed by atoms with Crippen molar-refractivity contribution >= 4 is 5.97 Å². The Labute approximate surface area is 173 Å². The number of rotatable bonds is 7. The lowest BCUT2D eigenvalue weighted by Crippen LogP contribution is -2.07. The van der Waals surface area contributed by atoms with Gasteiger partial charge < -0.3 is 13.7 Å². The predicted molar refractivity (Wildman–Crippen MR) is 109 cm³/mol. The van der Waals surface area contributed by atoms with E-state index in [0.29, 0.717) is 35.5 Å². The molecule has 152 valence electrons. The minimum atomic E-state index is -0.367. The fraction of sp³-hybridized carbons (Fsp3) is 0.217. The van der Waals surface area contributed by atoms with E-state index in [9.17, 15) is 4.79 Å². The van der Waals surface area contributed by atoms with Crippen molar-refractivity contribution in [3.05, 3.63) is 77.5 Å². The van der Waals surface area contributed by atoms with Crippen LogP contribution in [0, 0.1) is 13.8 Å². The van der Waals surface area contributed by atoms with Crippen LogP contribution in [0.2, 0.25) is 0 Å². The Bertz CT molecular complexity index is 1130. The number of esters is 1. The molecule has 0 spiro atoms. The van der Waals surface area contributed by atoms with Gasteiger partial charge in [0, 0.05) is 17.5 Å². The van der Waals surface area contributed by atoms with E-state index >= 15 is 0 Å². The summed E-state index contributed by atoms with van der Waals surface area (Å²) in [5.41, 5.74) is 3.50. The number of oxazole rings is 1. The fourth-order valence-electron chi connectivity index (χ4n) is 2.87. The number of carbonyl (C=O) groups excluding carboxylic acids is 1. The fourth-order valence-corrected chi connectivity index (χ4v) is 2.87. The largest absolute Gasteiger partial charge is 0.459 e. The molecule has 4 rings (SSSR count). The average molecular weight is 403 g/mol. The van der Waals surface area contributed by atoms with Crippen molar-refractivity contribution in [1.82, 2.24) is 15.1 Å². The summed E-state index contributed by atoms with van der Waals surface area (Å²) in [4.78, 5) is 20.9. The number of carbonyl (C=O) groups is 1. The van der Waals surface area contributed by atoms with Crippen molar-refractivity contribution in [2.24, 2.45) is 0 Å². The molecular weight excluding hydrogens is 382 g/mol. The third-order valence-corrected chi connectivity index (χ3v) is 4.60. The maximum Gasteiger partial charge on any atom is 0.306 e. The van der Waals surface area contributed by atoms with Crippen LogP contribution in [-0.2, 0) is 22.6 Å². The summed E-state index contributed by atoms with van der Waals surface area (Å²) in [7, 11) is 0. The topological polar surface area (TPSA) is 91.2 Å². The molecule has 0 N–H and O–H groups in total. The lowest BCUT2D eigenvalue weighted by atomic mass is 10.1. The Morgan fingerprint density at radius 2 is 1.73 bits per heavy atom. The van der Waals surface area contributed by atoms with Gasteiger partial charge in [-0.1, -0.05) is 53.2 Å². The summed E-state index contributed by atoms with van der Waals surface area (Å²) in [6.45, 7) is 3.87. The Morgan fingerprint density at radius 1 is 0.967 bits per heavy atom. The van der Waals surface area contributed by atoms with Crippen molar-refractivity contribution < 1.29 is 18.5 Å². The van der Waals surface area contributed by atoms with Gasteiger partial charge in [-0.05, 0) is 26.0 Å². The molecule has 7 nitrogen and oxygen atoms in total. The highest BCUT2D eigenvalue weighted by Gasteiger charge is 2.15. The second-order valence-corrected chi connectivity index (χ2v) is 6.93. The normalized spacial score (nSPS) is 10.9. The van der Waals surface area contributed by atoms with E-state index in [-0.39, 0.29) is 19.0 Å². The molecular formula is C23H21N3O4. The molecule has 30 heavy (non-hydrogen) atoms. The average Bonchev–Trinajstić information content (AvgIpc) is 3.39. The Balaban J connectivity index is 1.30. The van der Waals surface area contributed by atoms with Crippen LogP contribution in [0.15, 0.2) is 63.5 Å². The molecule has 7 heteroatoms. The lowest BCUT2D eigenvalue weighted by molar-refractivity contribution is -0.145. The summed E-state index contributed by atoms with van der Waals surface area (Å²) < 4.78 is 16.2. The van der Waals surface area contributed by atoms with Gasteiger partial charge in [0.25, 0.3) is 0 Å². The van der Waals surface area contributed by atoms with Gasteiger partial charge in [0.15, 0.2) is 0 Å². The van der Waals surface area contributed by atoms with Crippen molar-refractivity contribution in [3.8, 4) is 22.8 Å². The van der Waals surface area contributed by atoms with Crippen molar-refractivity contribution in [2.45, 2.75) is 33.3 Å². The van der Waals surface area contributed by atoms with Crippen molar-refractivity contribution in [1.29, 1.82) is 0 Å². The molecule has 0 aliphatic heterocycles. The van der Waals surface area contributed by atoms with Crippen LogP contribution >= 0.6 is 0 Å². The molecule has 0 aliphatic rings. The van der Waals surface area contributed by atoms with Crippen LogP contribution < -0.4 is 0 Å². The second-order valence-electron chi connectivity index (χ2n) is 6.93. The molecule has 0 radical (unpaired) electrons. The van der Waals surface area contributed by atoms with Gasteiger partial charge in [-0.2, -0.15) is 4.98 Å². The van der Waals surface area contributed by atoms with Gasteiger partial charge in [0.2, 0.25) is 17.6 Å². The van der Waals surface area contributed by atoms with Gasteiger partial charge in [-0.15, -0.1) is 0 Å².